The molecule has 0 atom stereocenters. The Morgan fingerprint density at radius 2 is 2.11 bits per heavy atom. The van der Waals surface area contributed by atoms with E-state index >= 15 is 0 Å². The molecule has 0 bridgehead atoms. The van der Waals surface area contributed by atoms with Crippen molar-refractivity contribution < 1.29 is 4.84 Å². The molecule has 1 rings (SSSR count). The molecule has 0 aromatic carbocycles. The SMILES string of the molecule is CC1=CC(C)(C)ON1C. The van der Waals surface area contributed by atoms with Crippen molar-refractivity contribution in [3.05, 3.63) is 11.8 Å². The average Bonchev–Trinajstić information content (AvgIpc) is 1.79. The fourth-order valence-corrected chi connectivity index (χ4v) is 1.05. The molecular weight excluding hydrogens is 114 g/mol. The van der Waals surface area contributed by atoms with Gasteiger partial charge in [0, 0.05) is 12.7 Å². The lowest BCUT2D eigenvalue weighted by atomic mass is 10.1. The Labute approximate surface area is 56.1 Å². The van der Waals surface area contributed by atoms with Crippen LogP contribution < -0.4 is 0 Å². The molecule has 2 heteroatoms. The first-order valence-electron chi connectivity index (χ1n) is 3.13. The molecule has 0 spiro atoms. The smallest absolute Gasteiger partial charge is 0.111 e. The molecule has 0 amide bonds. The lowest BCUT2D eigenvalue weighted by Gasteiger charge is -2.18. The van der Waals surface area contributed by atoms with Crippen molar-refractivity contribution in [3.8, 4) is 0 Å². The van der Waals surface area contributed by atoms with Gasteiger partial charge in [-0.25, -0.2) is 0 Å². The van der Waals surface area contributed by atoms with E-state index in [4.69, 9.17) is 4.84 Å². The Morgan fingerprint density at radius 3 is 2.22 bits per heavy atom. The highest BCUT2D eigenvalue weighted by Gasteiger charge is 2.25. The molecule has 0 saturated carbocycles. The molecule has 0 N–H and O–H groups in total. The summed E-state index contributed by atoms with van der Waals surface area (Å²) >= 11 is 0. The summed E-state index contributed by atoms with van der Waals surface area (Å²) in [7, 11) is 1.92. The minimum Gasteiger partial charge on any atom is -0.264 e. The van der Waals surface area contributed by atoms with Crippen LogP contribution in [-0.2, 0) is 4.84 Å². The molecule has 0 aliphatic carbocycles. The highest BCUT2D eigenvalue weighted by molar-refractivity contribution is 5.08. The largest absolute Gasteiger partial charge is 0.264 e. The summed E-state index contributed by atoms with van der Waals surface area (Å²) in [4.78, 5) is 5.40. The monoisotopic (exact) mass is 127 g/mol. The van der Waals surface area contributed by atoms with Crippen molar-refractivity contribution in [1.29, 1.82) is 0 Å². The van der Waals surface area contributed by atoms with Gasteiger partial charge in [0.1, 0.15) is 5.60 Å². The number of allylic oxidation sites excluding steroid dienone is 1. The lowest BCUT2D eigenvalue weighted by molar-refractivity contribution is -0.156. The molecule has 9 heavy (non-hydrogen) atoms. The first-order chi connectivity index (χ1) is 4.01. The van der Waals surface area contributed by atoms with Gasteiger partial charge in [0.05, 0.1) is 0 Å². The number of rotatable bonds is 0. The maximum Gasteiger partial charge on any atom is 0.111 e. The van der Waals surface area contributed by atoms with E-state index in [1.165, 1.54) is 5.70 Å². The first-order valence-corrected chi connectivity index (χ1v) is 3.13. The van der Waals surface area contributed by atoms with Crippen molar-refractivity contribution in [1.82, 2.24) is 5.06 Å². The number of nitrogens with zero attached hydrogens (tertiary/aromatic N) is 1. The molecule has 0 unspecified atom stereocenters. The topological polar surface area (TPSA) is 12.5 Å². The van der Waals surface area contributed by atoms with E-state index in [0.717, 1.165) is 0 Å². The average molecular weight is 127 g/mol. The molecule has 0 fully saturated rings. The Hall–Kier alpha value is -0.500. The van der Waals surface area contributed by atoms with Crippen LogP contribution in [0.5, 0.6) is 0 Å². The molecule has 1 aliphatic heterocycles. The Morgan fingerprint density at radius 1 is 1.56 bits per heavy atom. The van der Waals surface area contributed by atoms with Crippen LogP contribution in [0, 0.1) is 0 Å². The number of hydrogen-bond donors (Lipinski definition) is 0. The molecule has 1 heterocycles. The van der Waals surface area contributed by atoms with Gasteiger partial charge in [0.25, 0.3) is 0 Å². The molecule has 0 saturated heterocycles. The second-order valence-corrected chi connectivity index (χ2v) is 2.98. The van der Waals surface area contributed by atoms with E-state index in [9.17, 15) is 0 Å². The first kappa shape index (κ1) is 6.62. The zero-order chi connectivity index (χ0) is 7.07. The minimum absolute atomic E-state index is 0.0984. The highest BCUT2D eigenvalue weighted by atomic mass is 16.7. The predicted molar refractivity (Wildman–Crippen MR) is 36.7 cm³/mol. The third kappa shape index (κ3) is 1.24. The molecule has 2 nitrogen and oxygen atoms in total. The third-order valence-electron chi connectivity index (χ3n) is 1.43. The predicted octanol–water partition coefficient (Wildman–Crippen LogP) is 1.55. The molecule has 52 valence electrons. The fraction of sp³-hybridized carbons (Fsp3) is 0.714. The van der Waals surface area contributed by atoms with Crippen LogP contribution in [0.1, 0.15) is 20.8 Å². The summed E-state index contributed by atoms with van der Waals surface area (Å²) < 4.78 is 0. The van der Waals surface area contributed by atoms with E-state index in [1.807, 2.05) is 27.8 Å². The lowest BCUT2D eigenvalue weighted by Crippen LogP contribution is -2.22. The highest BCUT2D eigenvalue weighted by Crippen LogP contribution is 2.24. The van der Waals surface area contributed by atoms with Crippen molar-refractivity contribution >= 4 is 0 Å². The summed E-state index contributed by atoms with van der Waals surface area (Å²) in [6.07, 6.45) is 2.10. The van der Waals surface area contributed by atoms with Crippen molar-refractivity contribution in [2.75, 3.05) is 7.05 Å². The van der Waals surface area contributed by atoms with Gasteiger partial charge in [-0.05, 0) is 26.8 Å². The van der Waals surface area contributed by atoms with E-state index in [2.05, 4.69) is 6.08 Å². The second kappa shape index (κ2) is 1.74. The molecule has 0 aromatic rings. The van der Waals surface area contributed by atoms with E-state index in [1.54, 1.807) is 5.06 Å². The van der Waals surface area contributed by atoms with Crippen LogP contribution in [0.15, 0.2) is 11.8 Å². The molecular formula is C7H13NO. The van der Waals surface area contributed by atoms with Gasteiger partial charge >= 0.3 is 0 Å². The van der Waals surface area contributed by atoms with Crippen LogP contribution >= 0.6 is 0 Å². The summed E-state index contributed by atoms with van der Waals surface area (Å²) in [6.45, 7) is 6.12. The summed E-state index contributed by atoms with van der Waals surface area (Å²) in [5.41, 5.74) is 1.08. The van der Waals surface area contributed by atoms with Crippen LogP contribution in [0.3, 0.4) is 0 Å². The molecule has 0 aromatic heterocycles. The molecule has 0 radical (unpaired) electrons. The maximum absolute atomic E-state index is 5.40. The normalized spacial score (nSPS) is 24.4. The van der Waals surface area contributed by atoms with Gasteiger partial charge in [0.15, 0.2) is 0 Å². The van der Waals surface area contributed by atoms with Gasteiger partial charge in [-0.15, -0.1) is 0 Å². The Kier molecular flexibility index (Phi) is 1.28. The quantitative estimate of drug-likeness (QED) is 0.489. The number of hydroxylamine groups is 2. The summed E-state index contributed by atoms with van der Waals surface area (Å²) in [5.74, 6) is 0. The van der Waals surface area contributed by atoms with Crippen molar-refractivity contribution in [2.45, 2.75) is 26.4 Å². The molecule has 1 aliphatic rings. The number of hydrogen-bond acceptors (Lipinski definition) is 2. The zero-order valence-electron chi connectivity index (χ0n) is 6.43. The Bertz CT molecular complexity index is 149. The van der Waals surface area contributed by atoms with Gasteiger partial charge < -0.3 is 0 Å². The van der Waals surface area contributed by atoms with Crippen LogP contribution in [-0.4, -0.2) is 17.7 Å². The van der Waals surface area contributed by atoms with Crippen molar-refractivity contribution in [2.24, 2.45) is 0 Å². The van der Waals surface area contributed by atoms with Gasteiger partial charge in [-0.2, -0.15) is 0 Å². The van der Waals surface area contributed by atoms with Gasteiger partial charge in [0.2, 0.25) is 0 Å². The second-order valence-electron chi connectivity index (χ2n) is 2.98. The van der Waals surface area contributed by atoms with Crippen LogP contribution in [0.25, 0.3) is 0 Å². The van der Waals surface area contributed by atoms with E-state index in [0.29, 0.717) is 0 Å². The summed E-state index contributed by atoms with van der Waals surface area (Å²) in [5, 5.41) is 1.79. The standard InChI is InChI=1S/C7H13NO/c1-6-5-7(2,3)9-8(6)4/h5H,1-4H3. The van der Waals surface area contributed by atoms with Gasteiger partial charge in [-0.1, -0.05) is 0 Å². The van der Waals surface area contributed by atoms with Crippen LogP contribution in [0.2, 0.25) is 0 Å². The fourth-order valence-electron chi connectivity index (χ4n) is 1.05. The minimum atomic E-state index is -0.0984. The van der Waals surface area contributed by atoms with E-state index < -0.39 is 0 Å². The van der Waals surface area contributed by atoms with Gasteiger partial charge in [-0.3, -0.25) is 9.90 Å². The van der Waals surface area contributed by atoms with E-state index in [-0.39, 0.29) is 5.60 Å². The summed E-state index contributed by atoms with van der Waals surface area (Å²) in [6, 6.07) is 0. The zero-order valence-corrected chi connectivity index (χ0v) is 6.43. The van der Waals surface area contributed by atoms with Crippen LogP contribution in [0.4, 0.5) is 0 Å². The van der Waals surface area contributed by atoms with Crippen molar-refractivity contribution in [3.63, 3.8) is 0 Å². The third-order valence-corrected chi connectivity index (χ3v) is 1.43. The maximum atomic E-state index is 5.40. The Balaban J connectivity index is 2.74.